The normalized spacial score (nSPS) is 10.2. The van der Waals surface area contributed by atoms with Crippen LogP contribution >= 0.6 is 0 Å². The van der Waals surface area contributed by atoms with E-state index >= 15 is 0 Å². The highest BCUT2D eigenvalue weighted by molar-refractivity contribution is 5.76. The maximum absolute atomic E-state index is 11.2. The molecule has 0 spiro atoms. The molecule has 0 unspecified atom stereocenters. The highest BCUT2D eigenvalue weighted by atomic mass is 16.1. The summed E-state index contributed by atoms with van der Waals surface area (Å²) in [7, 11) is 0. The quantitative estimate of drug-likeness (QED) is 0.601. The molecular formula is C10H8N2O. The number of hydrogen-bond acceptors (Lipinski definition) is 3. The zero-order valence-electron chi connectivity index (χ0n) is 7.19. The molecule has 0 saturated heterocycles. The summed E-state index contributed by atoms with van der Waals surface area (Å²) in [5.41, 5.74) is 0.965. The van der Waals surface area contributed by atoms with Crippen molar-refractivity contribution in [3.63, 3.8) is 0 Å². The van der Waals surface area contributed by atoms with E-state index in [4.69, 9.17) is 0 Å². The predicted molar refractivity (Wildman–Crippen MR) is 50.5 cm³/mol. The van der Waals surface area contributed by atoms with Gasteiger partial charge in [-0.3, -0.25) is 4.79 Å². The molecule has 0 bridgehead atoms. The Bertz CT molecular complexity index is 508. The fourth-order valence-corrected chi connectivity index (χ4v) is 1.15. The maximum Gasteiger partial charge on any atom is 0.291 e. The van der Waals surface area contributed by atoms with Crippen LogP contribution < -0.4 is 5.56 Å². The van der Waals surface area contributed by atoms with Gasteiger partial charge >= 0.3 is 0 Å². The maximum atomic E-state index is 11.2. The van der Waals surface area contributed by atoms with E-state index in [-0.39, 0.29) is 5.56 Å². The highest BCUT2D eigenvalue weighted by Gasteiger charge is 1.95. The molecule has 0 aliphatic heterocycles. The third-order valence-electron chi connectivity index (χ3n) is 1.86. The van der Waals surface area contributed by atoms with Crippen molar-refractivity contribution in [1.29, 1.82) is 0 Å². The first-order valence-electron chi connectivity index (χ1n) is 4.00. The van der Waals surface area contributed by atoms with E-state index in [0.717, 1.165) is 10.9 Å². The van der Waals surface area contributed by atoms with E-state index < -0.39 is 0 Å². The third kappa shape index (κ3) is 1.40. The van der Waals surface area contributed by atoms with E-state index in [1.165, 1.54) is 0 Å². The molecule has 2 rings (SSSR count). The molecular weight excluding hydrogens is 164 g/mol. The van der Waals surface area contributed by atoms with Crippen LogP contribution in [0.1, 0.15) is 5.69 Å². The van der Waals surface area contributed by atoms with Crippen LogP contribution in [0.15, 0.2) is 35.3 Å². The van der Waals surface area contributed by atoms with Crippen LogP contribution in [0.4, 0.5) is 0 Å². The van der Waals surface area contributed by atoms with Gasteiger partial charge in [0.15, 0.2) is 0 Å². The van der Waals surface area contributed by atoms with Gasteiger partial charge in [-0.05, 0) is 13.0 Å². The van der Waals surface area contributed by atoms with Gasteiger partial charge in [0.05, 0.1) is 5.52 Å². The molecule has 2 aromatic rings. The van der Waals surface area contributed by atoms with E-state index in [1.807, 2.05) is 24.3 Å². The molecule has 64 valence electrons. The number of aromatic nitrogens is 2. The molecule has 3 heteroatoms. The summed E-state index contributed by atoms with van der Waals surface area (Å²) in [6.45, 7) is 1.67. The molecule has 0 amide bonds. The average Bonchev–Trinajstić information content (AvgIpc) is 2.28. The topological polar surface area (TPSA) is 42.9 Å². The predicted octanol–water partition coefficient (Wildman–Crippen LogP) is 1.30. The Kier molecular flexibility index (Phi) is 1.77. The van der Waals surface area contributed by atoms with Crippen molar-refractivity contribution in [3.8, 4) is 0 Å². The summed E-state index contributed by atoms with van der Waals surface area (Å²) in [4.78, 5) is 19.1. The molecule has 0 aliphatic carbocycles. The van der Waals surface area contributed by atoms with Crippen molar-refractivity contribution in [2.45, 2.75) is 6.92 Å². The number of nitrogens with zero attached hydrogens (tertiary/aromatic N) is 2. The third-order valence-corrected chi connectivity index (χ3v) is 1.86. The van der Waals surface area contributed by atoms with Gasteiger partial charge in [-0.25, -0.2) is 9.97 Å². The van der Waals surface area contributed by atoms with Crippen molar-refractivity contribution in [1.82, 2.24) is 9.97 Å². The zero-order chi connectivity index (χ0) is 9.26. The highest BCUT2D eigenvalue weighted by Crippen LogP contribution is 2.06. The smallest absolute Gasteiger partial charge is 0.265 e. The van der Waals surface area contributed by atoms with Crippen molar-refractivity contribution in [2.24, 2.45) is 0 Å². The van der Waals surface area contributed by atoms with E-state index in [9.17, 15) is 4.79 Å². The number of hydrogen-bond donors (Lipinski definition) is 0. The Morgan fingerprint density at radius 1 is 1.23 bits per heavy atom. The molecule has 1 heterocycles. The second-order valence-electron chi connectivity index (χ2n) is 2.82. The van der Waals surface area contributed by atoms with Gasteiger partial charge in [0.25, 0.3) is 5.56 Å². The van der Waals surface area contributed by atoms with Crippen LogP contribution in [0.2, 0.25) is 0 Å². The van der Waals surface area contributed by atoms with Gasteiger partial charge in [0.1, 0.15) is 5.69 Å². The lowest BCUT2D eigenvalue weighted by atomic mass is 10.2. The number of benzene rings is 1. The Morgan fingerprint density at radius 3 is 2.85 bits per heavy atom. The zero-order valence-corrected chi connectivity index (χ0v) is 7.19. The number of para-hydroxylation sites is 1. The first-order valence-corrected chi connectivity index (χ1v) is 4.00. The lowest BCUT2D eigenvalue weighted by Crippen LogP contribution is -2.05. The van der Waals surface area contributed by atoms with Gasteiger partial charge in [-0.1, -0.05) is 18.2 Å². The van der Waals surface area contributed by atoms with Crippen LogP contribution in [-0.4, -0.2) is 9.97 Å². The summed E-state index contributed by atoms with van der Waals surface area (Å²) in [5.74, 6) is 0. The fourth-order valence-electron chi connectivity index (χ4n) is 1.15. The lowest BCUT2D eigenvalue weighted by Gasteiger charge is -1.87. The summed E-state index contributed by atoms with van der Waals surface area (Å²) in [6, 6.07) is 7.53. The molecule has 0 fully saturated rings. The molecule has 1 aromatic carbocycles. The van der Waals surface area contributed by atoms with Crippen LogP contribution in [-0.2, 0) is 0 Å². The second-order valence-corrected chi connectivity index (χ2v) is 2.82. The largest absolute Gasteiger partial charge is 0.291 e. The summed E-state index contributed by atoms with van der Waals surface area (Å²) in [6.07, 6.45) is 1.55. The standard InChI is InChI=1S/C10H8N2O/c1-7-10(13)11-6-8-4-2-3-5-9(8)12-7/h2-6H,1H3. The van der Waals surface area contributed by atoms with Crippen molar-refractivity contribution in [3.05, 3.63) is 46.5 Å². The molecule has 0 N–H and O–H groups in total. The van der Waals surface area contributed by atoms with Crippen LogP contribution in [0.25, 0.3) is 10.9 Å². The summed E-state index contributed by atoms with van der Waals surface area (Å²) in [5, 5.41) is 0.882. The van der Waals surface area contributed by atoms with E-state index in [1.54, 1.807) is 13.1 Å². The second kappa shape index (κ2) is 2.94. The molecule has 3 nitrogen and oxygen atoms in total. The van der Waals surface area contributed by atoms with Gasteiger partial charge in [-0.15, -0.1) is 0 Å². The van der Waals surface area contributed by atoms with Crippen molar-refractivity contribution < 1.29 is 0 Å². The Labute approximate surface area is 75.1 Å². The number of rotatable bonds is 0. The molecule has 0 atom stereocenters. The van der Waals surface area contributed by atoms with Gasteiger partial charge in [0.2, 0.25) is 0 Å². The molecule has 1 aromatic heterocycles. The first-order chi connectivity index (χ1) is 6.27. The SMILES string of the molecule is Cc1nc2ccccc2cnc1=O. The minimum Gasteiger partial charge on any atom is -0.265 e. The van der Waals surface area contributed by atoms with Crippen molar-refractivity contribution in [2.75, 3.05) is 0 Å². The summed E-state index contributed by atoms with van der Waals surface area (Å²) < 4.78 is 0. The molecule has 0 aliphatic rings. The Morgan fingerprint density at radius 2 is 2.00 bits per heavy atom. The van der Waals surface area contributed by atoms with Crippen LogP contribution in [0.5, 0.6) is 0 Å². The molecule has 0 radical (unpaired) electrons. The minimum absolute atomic E-state index is 0.267. The monoisotopic (exact) mass is 172 g/mol. The van der Waals surface area contributed by atoms with Crippen molar-refractivity contribution >= 4 is 10.9 Å². The van der Waals surface area contributed by atoms with E-state index in [2.05, 4.69) is 9.97 Å². The van der Waals surface area contributed by atoms with Gasteiger partial charge in [0, 0.05) is 11.6 Å². The fraction of sp³-hybridized carbons (Fsp3) is 0.100. The van der Waals surface area contributed by atoms with Crippen LogP contribution in [0.3, 0.4) is 0 Å². The average molecular weight is 172 g/mol. The first kappa shape index (κ1) is 7.86. The van der Waals surface area contributed by atoms with E-state index in [0.29, 0.717) is 5.69 Å². The van der Waals surface area contributed by atoms with Gasteiger partial charge < -0.3 is 0 Å². The Hall–Kier alpha value is -1.77. The Balaban J connectivity index is 2.97. The minimum atomic E-state index is -0.267. The summed E-state index contributed by atoms with van der Waals surface area (Å²) >= 11 is 0. The molecule has 0 saturated carbocycles. The van der Waals surface area contributed by atoms with Gasteiger partial charge in [-0.2, -0.15) is 0 Å². The lowest BCUT2D eigenvalue weighted by molar-refractivity contribution is 1.15. The molecule has 13 heavy (non-hydrogen) atoms. The van der Waals surface area contributed by atoms with Crippen LogP contribution in [0, 0.1) is 6.92 Å². The number of fused-ring (bicyclic) bond motifs is 1. The number of aryl methyl sites for hydroxylation is 1.